The van der Waals surface area contributed by atoms with E-state index in [0.29, 0.717) is 55.3 Å². The topological polar surface area (TPSA) is 94.5 Å². The van der Waals surface area contributed by atoms with Crippen molar-refractivity contribution in [3.8, 4) is 5.75 Å². The number of rotatable bonds is 17. The number of hydrogen-bond acceptors (Lipinski definition) is 6. The van der Waals surface area contributed by atoms with Gasteiger partial charge in [0.05, 0.1) is 13.2 Å². The summed E-state index contributed by atoms with van der Waals surface area (Å²) < 4.78 is 22.7. The lowest BCUT2D eigenvalue weighted by molar-refractivity contribution is -0.149. The lowest BCUT2D eigenvalue weighted by Gasteiger charge is -2.24. The van der Waals surface area contributed by atoms with Crippen LogP contribution in [0.4, 0.5) is 4.79 Å². The number of benzene rings is 2. The van der Waals surface area contributed by atoms with Gasteiger partial charge < -0.3 is 29.0 Å². The molecule has 0 aliphatic heterocycles. The Morgan fingerprint density at radius 2 is 1.68 bits per heavy atom. The molecule has 0 aromatic heterocycles. The summed E-state index contributed by atoms with van der Waals surface area (Å²) in [6, 6.07) is 12.6. The SMILES string of the molecule is CCOC(Cc1ccc(OCCN(CCCCOCc2cc(Cl)cc(Cl)c2)C(=O)OC2CCCC2)cc1)C(=O)O. The van der Waals surface area contributed by atoms with Crippen molar-refractivity contribution in [1.82, 2.24) is 4.90 Å². The van der Waals surface area contributed by atoms with Gasteiger partial charge in [0.15, 0.2) is 6.10 Å². The van der Waals surface area contributed by atoms with Crippen LogP contribution in [0.25, 0.3) is 0 Å². The molecule has 1 N–H and O–H groups in total. The van der Waals surface area contributed by atoms with E-state index in [1.54, 1.807) is 30.0 Å². The Bertz CT molecular complexity index is 1040. The highest BCUT2D eigenvalue weighted by Crippen LogP contribution is 2.22. The minimum atomic E-state index is -0.982. The summed E-state index contributed by atoms with van der Waals surface area (Å²) in [5.74, 6) is -0.338. The molecule has 10 heteroatoms. The van der Waals surface area contributed by atoms with Crippen molar-refractivity contribution in [2.45, 2.75) is 70.7 Å². The Balaban J connectivity index is 1.43. The highest BCUT2D eigenvalue weighted by atomic mass is 35.5. The minimum absolute atomic E-state index is 0.0115. The number of carboxylic acids is 1. The molecule has 1 unspecified atom stereocenters. The lowest BCUT2D eigenvalue weighted by Crippen LogP contribution is -2.37. The van der Waals surface area contributed by atoms with Crippen LogP contribution in [0.3, 0.4) is 0 Å². The van der Waals surface area contributed by atoms with Crippen LogP contribution in [-0.4, -0.2) is 67.2 Å². The van der Waals surface area contributed by atoms with E-state index in [1.165, 1.54) is 0 Å². The van der Waals surface area contributed by atoms with Crippen LogP contribution >= 0.6 is 23.2 Å². The Labute approximate surface area is 246 Å². The molecule has 0 spiro atoms. The third kappa shape index (κ3) is 11.5. The molecule has 1 amide bonds. The average molecular weight is 597 g/mol. The molecule has 1 aliphatic carbocycles. The van der Waals surface area contributed by atoms with Gasteiger partial charge in [-0.2, -0.15) is 0 Å². The Hall–Kier alpha value is -2.52. The van der Waals surface area contributed by atoms with Crippen LogP contribution < -0.4 is 4.74 Å². The number of halogens is 2. The van der Waals surface area contributed by atoms with Crippen molar-refractivity contribution in [1.29, 1.82) is 0 Å². The van der Waals surface area contributed by atoms with Gasteiger partial charge in [-0.05, 0) is 86.9 Å². The fourth-order valence-electron chi connectivity index (χ4n) is 4.54. The van der Waals surface area contributed by atoms with Crippen LogP contribution in [0.1, 0.15) is 56.6 Å². The molecule has 0 saturated heterocycles. The standard InChI is InChI=1S/C30H39Cl2NO7/c1-2-38-28(29(34)35)19-22-9-11-26(12-10-22)39-16-14-33(30(36)40-27-7-3-4-8-27)13-5-6-15-37-21-23-17-24(31)20-25(32)18-23/h9-12,17-18,20,27-28H,2-8,13-16,19,21H2,1H3,(H,34,35). The number of carboxylic acid groups (broad SMARTS) is 1. The number of ether oxygens (including phenoxy) is 4. The van der Waals surface area contributed by atoms with Crippen molar-refractivity contribution in [2.75, 3.05) is 32.9 Å². The van der Waals surface area contributed by atoms with Gasteiger partial charge in [0, 0.05) is 36.2 Å². The predicted molar refractivity (Wildman–Crippen MR) is 154 cm³/mol. The Kier molecular flexibility index (Phi) is 13.9. The van der Waals surface area contributed by atoms with Gasteiger partial charge in [-0.15, -0.1) is 0 Å². The molecule has 1 atom stereocenters. The maximum absolute atomic E-state index is 12.9. The largest absolute Gasteiger partial charge is 0.492 e. The molecule has 1 aliphatic rings. The third-order valence-electron chi connectivity index (χ3n) is 6.60. The van der Waals surface area contributed by atoms with Crippen LogP contribution in [0.2, 0.25) is 10.0 Å². The van der Waals surface area contributed by atoms with Crippen LogP contribution in [0.5, 0.6) is 5.75 Å². The molecule has 2 aromatic rings. The van der Waals surface area contributed by atoms with Gasteiger partial charge in [0.1, 0.15) is 18.5 Å². The number of carbonyl (C=O) groups excluding carboxylic acids is 1. The van der Waals surface area contributed by atoms with Crippen molar-refractivity contribution in [3.63, 3.8) is 0 Å². The smallest absolute Gasteiger partial charge is 0.410 e. The van der Waals surface area contributed by atoms with E-state index < -0.39 is 12.1 Å². The second kappa shape index (κ2) is 17.3. The summed E-state index contributed by atoms with van der Waals surface area (Å²) in [7, 11) is 0. The maximum atomic E-state index is 12.9. The summed E-state index contributed by atoms with van der Waals surface area (Å²) in [4.78, 5) is 25.9. The van der Waals surface area contributed by atoms with E-state index in [2.05, 4.69) is 0 Å². The van der Waals surface area contributed by atoms with Crippen molar-refractivity contribution in [2.24, 2.45) is 0 Å². The van der Waals surface area contributed by atoms with E-state index in [-0.39, 0.29) is 18.6 Å². The van der Waals surface area contributed by atoms with Crippen LogP contribution in [-0.2, 0) is 32.0 Å². The average Bonchev–Trinajstić information content (AvgIpc) is 3.42. The molecule has 40 heavy (non-hydrogen) atoms. The monoisotopic (exact) mass is 595 g/mol. The van der Waals surface area contributed by atoms with Gasteiger partial charge in [-0.25, -0.2) is 9.59 Å². The Morgan fingerprint density at radius 1 is 0.975 bits per heavy atom. The zero-order chi connectivity index (χ0) is 28.7. The fourth-order valence-corrected chi connectivity index (χ4v) is 5.11. The van der Waals surface area contributed by atoms with Crippen molar-refractivity contribution in [3.05, 3.63) is 63.6 Å². The van der Waals surface area contributed by atoms with Crippen LogP contribution in [0, 0.1) is 0 Å². The van der Waals surface area contributed by atoms with E-state index in [4.69, 9.17) is 42.1 Å². The first-order valence-electron chi connectivity index (χ1n) is 13.9. The number of aliphatic carboxylic acids is 1. The zero-order valence-corrected chi connectivity index (χ0v) is 24.5. The number of unbranched alkanes of at least 4 members (excludes halogenated alkanes) is 1. The molecule has 0 bridgehead atoms. The van der Waals surface area contributed by atoms with Gasteiger partial charge in [-0.1, -0.05) is 35.3 Å². The zero-order valence-electron chi connectivity index (χ0n) is 23.0. The highest BCUT2D eigenvalue weighted by molar-refractivity contribution is 6.34. The minimum Gasteiger partial charge on any atom is -0.492 e. The second-order valence-corrected chi connectivity index (χ2v) is 10.7. The molecular formula is C30H39Cl2NO7. The van der Waals surface area contributed by atoms with Crippen molar-refractivity contribution < 1.29 is 33.6 Å². The molecule has 8 nitrogen and oxygen atoms in total. The molecular weight excluding hydrogens is 557 g/mol. The molecule has 3 rings (SSSR count). The second-order valence-electron chi connectivity index (χ2n) is 9.79. The van der Waals surface area contributed by atoms with Gasteiger partial charge in [0.25, 0.3) is 0 Å². The van der Waals surface area contributed by atoms with E-state index in [1.807, 2.05) is 24.3 Å². The molecule has 0 heterocycles. The molecule has 0 radical (unpaired) electrons. The van der Waals surface area contributed by atoms with Gasteiger partial charge >= 0.3 is 12.1 Å². The molecule has 1 saturated carbocycles. The Morgan fingerprint density at radius 3 is 2.33 bits per heavy atom. The first kappa shape index (κ1) is 32.0. The number of carbonyl (C=O) groups is 2. The first-order chi connectivity index (χ1) is 19.3. The molecule has 2 aromatic carbocycles. The number of nitrogens with zero attached hydrogens (tertiary/aromatic N) is 1. The summed E-state index contributed by atoms with van der Waals surface area (Å²) in [5, 5.41) is 10.4. The van der Waals surface area contributed by atoms with Gasteiger partial charge in [-0.3, -0.25) is 0 Å². The highest BCUT2D eigenvalue weighted by Gasteiger charge is 2.23. The predicted octanol–water partition coefficient (Wildman–Crippen LogP) is 6.78. The third-order valence-corrected chi connectivity index (χ3v) is 7.04. The summed E-state index contributed by atoms with van der Waals surface area (Å²) in [5.41, 5.74) is 1.76. The fraction of sp³-hybridized carbons (Fsp3) is 0.533. The molecule has 1 fully saturated rings. The first-order valence-corrected chi connectivity index (χ1v) is 14.6. The van der Waals surface area contributed by atoms with E-state index in [0.717, 1.165) is 49.7 Å². The molecule has 220 valence electrons. The van der Waals surface area contributed by atoms with Gasteiger partial charge in [0.2, 0.25) is 0 Å². The van der Waals surface area contributed by atoms with Crippen molar-refractivity contribution >= 4 is 35.3 Å². The quantitative estimate of drug-likeness (QED) is 0.201. The number of amides is 1. The number of hydrogen-bond donors (Lipinski definition) is 1. The summed E-state index contributed by atoms with van der Waals surface area (Å²) in [6.07, 6.45) is 4.62. The maximum Gasteiger partial charge on any atom is 0.410 e. The van der Waals surface area contributed by atoms with E-state index in [9.17, 15) is 14.7 Å². The van der Waals surface area contributed by atoms with Crippen LogP contribution in [0.15, 0.2) is 42.5 Å². The summed E-state index contributed by atoms with van der Waals surface area (Å²) in [6.45, 7) is 4.31. The normalized spacial score (nSPS) is 14.2. The summed E-state index contributed by atoms with van der Waals surface area (Å²) >= 11 is 12.1. The lowest BCUT2D eigenvalue weighted by atomic mass is 10.1. The van der Waals surface area contributed by atoms with E-state index >= 15 is 0 Å².